The molecule has 0 amide bonds. The van der Waals surface area contributed by atoms with Gasteiger partial charge in [0.25, 0.3) is 0 Å². The lowest BCUT2D eigenvalue weighted by Gasteiger charge is -2.19. The molecule has 0 saturated carbocycles. The molecule has 1 rings (SSSR count). The predicted octanol–water partition coefficient (Wildman–Crippen LogP) is 4.72. The molecule has 1 nitrogen and oxygen atoms in total. The number of halogens is 2. The Morgan fingerprint density at radius 3 is 2.50 bits per heavy atom. The summed E-state index contributed by atoms with van der Waals surface area (Å²) in [6.07, 6.45) is 1.04. The van der Waals surface area contributed by atoms with Gasteiger partial charge in [0, 0.05) is 16.8 Å². The lowest BCUT2D eigenvalue weighted by Crippen LogP contribution is -2.06. The van der Waals surface area contributed by atoms with E-state index < -0.39 is 0 Å². The van der Waals surface area contributed by atoms with E-state index in [-0.39, 0.29) is 0 Å². The molecule has 0 aliphatic rings. The second-order valence-corrected chi connectivity index (χ2v) is 5.11. The van der Waals surface area contributed by atoms with Gasteiger partial charge in [-0.25, -0.2) is 0 Å². The lowest BCUT2D eigenvalue weighted by atomic mass is 9.91. The van der Waals surface area contributed by atoms with Crippen LogP contribution in [0.5, 0.6) is 5.75 Å². The number of alkyl halides is 1. The summed E-state index contributed by atoms with van der Waals surface area (Å²) >= 11 is 12.0. The van der Waals surface area contributed by atoms with Gasteiger partial charge in [0.15, 0.2) is 0 Å². The van der Waals surface area contributed by atoms with Crippen LogP contribution in [0.25, 0.3) is 0 Å². The predicted molar refractivity (Wildman–Crippen MR) is 70.9 cm³/mol. The van der Waals surface area contributed by atoms with Crippen molar-refractivity contribution >= 4 is 23.2 Å². The molecule has 0 fully saturated rings. The third-order valence-electron chi connectivity index (χ3n) is 2.57. The molecule has 0 bridgehead atoms. The zero-order valence-electron chi connectivity index (χ0n) is 9.97. The molecule has 0 heterocycles. The molecule has 0 aliphatic heterocycles. The highest BCUT2D eigenvalue weighted by atomic mass is 35.5. The normalized spacial score (nSPS) is 12.9. The van der Waals surface area contributed by atoms with Crippen LogP contribution in [0.3, 0.4) is 0 Å². The zero-order chi connectivity index (χ0) is 12.1. The summed E-state index contributed by atoms with van der Waals surface area (Å²) in [6.45, 7) is 4.38. The summed E-state index contributed by atoms with van der Waals surface area (Å²) in [4.78, 5) is 0. The number of hydrogen-bond acceptors (Lipinski definition) is 1. The van der Waals surface area contributed by atoms with Crippen LogP contribution in [0, 0.1) is 5.92 Å². The molecule has 1 atom stereocenters. The molecule has 1 aromatic rings. The summed E-state index contributed by atoms with van der Waals surface area (Å²) in [5.74, 6) is 2.37. The number of benzene rings is 1. The first-order chi connectivity index (χ1) is 7.58. The topological polar surface area (TPSA) is 9.23 Å². The Bertz CT molecular complexity index is 337. The molecule has 0 spiro atoms. The standard InChI is InChI=1S/C13H18Cl2O/c1-9(2)6-10(8-14)12-7-11(15)4-5-13(12)16-3/h4-5,7,9-10H,6,8H2,1-3H3. The van der Waals surface area contributed by atoms with E-state index in [4.69, 9.17) is 27.9 Å². The van der Waals surface area contributed by atoms with Crippen molar-refractivity contribution in [3.8, 4) is 5.75 Å². The molecule has 90 valence electrons. The molecule has 1 unspecified atom stereocenters. The molecule has 1 aromatic carbocycles. The molecular formula is C13H18Cl2O. The van der Waals surface area contributed by atoms with Gasteiger partial charge >= 0.3 is 0 Å². The van der Waals surface area contributed by atoms with Crippen LogP contribution in [0.1, 0.15) is 31.7 Å². The monoisotopic (exact) mass is 260 g/mol. The van der Waals surface area contributed by atoms with E-state index in [1.54, 1.807) is 7.11 Å². The van der Waals surface area contributed by atoms with Gasteiger partial charge in [-0.1, -0.05) is 25.4 Å². The van der Waals surface area contributed by atoms with Gasteiger partial charge in [-0.05, 0) is 36.1 Å². The highest BCUT2D eigenvalue weighted by Crippen LogP contribution is 2.34. The first-order valence-electron chi connectivity index (χ1n) is 5.47. The van der Waals surface area contributed by atoms with Crippen molar-refractivity contribution in [2.24, 2.45) is 5.92 Å². The van der Waals surface area contributed by atoms with E-state index in [0.717, 1.165) is 22.8 Å². The highest BCUT2D eigenvalue weighted by Gasteiger charge is 2.17. The summed E-state index contributed by atoms with van der Waals surface area (Å²) < 4.78 is 5.35. The van der Waals surface area contributed by atoms with Crippen LogP contribution in [0.2, 0.25) is 5.02 Å². The first kappa shape index (κ1) is 13.7. The Labute approximate surface area is 108 Å². The van der Waals surface area contributed by atoms with Gasteiger partial charge < -0.3 is 4.74 Å². The minimum Gasteiger partial charge on any atom is -0.496 e. The average Bonchev–Trinajstić information content (AvgIpc) is 2.25. The molecule has 0 aliphatic carbocycles. The summed E-state index contributed by atoms with van der Waals surface area (Å²) in [5, 5.41) is 0.731. The van der Waals surface area contributed by atoms with Gasteiger partial charge in [-0.15, -0.1) is 11.6 Å². The van der Waals surface area contributed by atoms with Crippen LogP contribution in [-0.2, 0) is 0 Å². The maximum absolute atomic E-state index is 6.03. The quantitative estimate of drug-likeness (QED) is 0.697. The van der Waals surface area contributed by atoms with Gasteiger partial charge in [0.1, 0.15) is 5.75 Å². The Balaban J connectivity index is 3.02. The van der Waals surface area contributed by atoms with Gasteiger partial charge in [0.2, 0.25) is 0 Å². The Hall–Kier alpha value is -0.400. The van der Waals surface area contributed by atoms with Gasteiger partial charge in [-0.3, -0.25) is 0 Å². The van der Waals surface area contributed by atoms with Crippen molar-refractivity contribution in [3.05, 3.63) is 28.8 Å². The third kappa shape index (κ3) is 3.57. The SMILES string of the molecule is COc1ccc(Cl)cc1C(CCl)CC(C)C. The van der Waals surface area contributed by atoms with E-state index in [0.29, 0.717) is 17.7 Å². The Kier molecular flexibility index (Phi) is 5.43. The fraction of sp³-hybridized carbons (Fsp3) is 0.538. The summed E-state index contributed by atoms with van der Waals surface area (Å²) in [7, 11) is 1.67. The second-order valence-electron chi connectivity index (χ2n) is 4.37. The van der Waals surface area contributed by atoms with Crippen molar-refractivity contribution in [1.82, 2.24) is 0 Å². The molecule has 0 aromatic heterocycles. The minimum atomic E-state index is 0.301. The lowest BCUT2D eigenvalue weighted by molar-refractivity contribution is 0.402. The molecular weight excluding hydrogens is 243 g/mol. The Morgan fingerprint density at radius 2 is 2.00 bits per heavy atom. The summed E-state index contributed by atoms with van der Waals surface area (Å²) in [5.41, 5.74) is 1.11. The average molecular weight is 261 g/mol. The van der Waals surface area contributed by atoms with E-state index in [9.17, 15) is 0 Å². The smallest absolute Gasteiger partial charge is 0.122 e. The minimum absolute atomic E-state index is 0.301. The van der Waals surface area contributed by atoms with E-state index in [1.807, 2.05) is 18.2 Å². The van der Waals surface area contributed by atoms with Crippen LogP contribution in [0.15, 0.2) is 18.2 Å². The van der Waals surface area contributed by atoms with Gasteiger partial charge in [0.05, 0.1) is 7.11 Å². The van der Waals surface area contributed by atoms with Crippen LogP contribution < -0.4 is 4.74 Å². The third-order valence-corrected chi connectivity index (χ3v) is 3.18. The zero-order valence-corrected chi connectivity index (χ0v) is 11.5. The number of ether oxygens (including phenoxy) is 1. The van der Waals surface area contributed by atoms with Crippen molar-refractivity contribution in [2.75, 3.05) is 13.0 Å². The van der Waals surface area contributed by atoms with E-state index in [1.165, 1.54) is 0 Å². The first-order valence-corrected chi connectivity index (χ1v) is 6.39. The fourth-order valence-electron chi connectivity index (χ4n) is 1.87. The van der Waals surface area contributed by atoms with Crippen LogP contribution in [-0.4, -0.2) is 13.0 Å². The molecule has 0 radical (unpaired) electrons. The van der Waals surface area contributed by atoms with Crippen molar-refractivity contribution < 1.29 is 4.74 Å². The fourth-order valence-corrected chi connectivity index (χ4v) is 2.34. The molecule has 0 saturated heterocycles. The van der Waals surface area contributed by atoms with Crippen molar-refractivity contribution in [3.63, 3.8) is 0 Å². The molecule has 16 heavy (non-hydrogen) atoms. The van der Waals surface area contributed by atoms with Crippen LogP contribution >= 0.6 is 23.2 Å². The highest BCUT2D eigenvalue weighted by molar-refractivity contribution is 6.30. The number of rotatable bonds is 5. The number of methoxy groups -OCH3 is 1. The van der Waals surface area contributed by atoms with Crippen LogP contribution in [0.4, 0.5) is 0 Å². The summed E-state index contributed by atoms with van der Waals surface area (Å²) in [6, 6.07) is 5.69. The van der Waals surface area contributed by atoms with Gasteiger partial charge in [-0.2, -0.15) is 0 Å². The maximum atomic E-state index is 6.03. The van der Waals surface area contributed by atoms with E-state index >= 15 is 0 Å². The Morgan fingerprint density at radius 1 is 1.31 bits per heavy atom. The molecule has 0 N–H and O–H groups in total. The maximum Gasteiger partial charge on any atom is 0.122 e. The number of hydrogen-bond donors (Lipinski definition) is 0. The van der Waals surface area contributed by atoms with Crippen molar-refractivity contribution in [2.45, 2.75) is 26.2 Å². The second kappa shape index (κ2) is 6.36. The molecule has 3 heteroatoms. The van der Waals surface area contributed by atoms with E-state index in [2.05, 4.69) is 13.8 Å². The largest absolute Gasteiger partial charge is 0.496 e. The van der Waals surface area contributed by atoms with Crippen molar-refractivity contribution in [1.29, 1.82) is 0 Å².